The SMILES string of the molecule is O=C(O)CCCNC(=O)CSCCc1ccccc1. The van der Waals surface area contributed by atoms with Gasteiger partial charge in [0.1, 0.15) is 0 Å². The standard InChI is InChI=1S/C14H19NO3S/c16-13(15-9-4-7-14(17)18)11-19-10-8-12-5-2-1-3-6-12/h1-3,5-6H,4,7-11H2,(H,15,16)(H,17,18). The predicted molar refractivity (Wildman–Crippen MR) is 77.4 cm³/mol. The monoisotopic (exact) mass is 281 g/mol. The Kier molecular flexibility index (Phi) is 7.74. The smallest absolute Gasteiger partial charge is 0.303 e. The first-order valence-corrected chi connectivity index (χ1v) is 7.44. The summed E-state index contributed by atoms with van der Waals surface area (Å²) >= 11 is 1.59. The van der Waals surface area contributed by atoms with Gasteiger partial charge in [-0.25, -0.2) is 0 Å². The molecule has 1 aromatic carbocycles. The Morgan fingerprint density at radius 3 is 2.63 bits per heavy atom. The summed E-state index contributed by atoms with van der Waals surface area (Å²) in [6.45, 7) is 0.435. The zero-order valence-corrected chi connectivity index (χ0v) is 11.6. The van der Waals surface area contributed by atoms with Crippen molar-refractivity contribution in [3.63, 3.8) is 0 Å². The molecule has 1 amide bonds. The first kappa shape index (κ1) is 15.6. The second kappa shape index (κ2) is 9.44. The number of nitrogens with one attached hydrogen (secondary N) is 1. The summed E-state index contributed by atoms with van der Waals surface area (Å²) in [7, 11) is 0. The van der Waals surface area contributed by atoms with Crippen LogP contribution in [-0.4, -0.2) is 35.0 Å². The molecule has 0 aliphatic heterocycles. The molecule has 0 saturated heterocycles. The molecule has 0 aliphatic carbocycles. The van der Waals surface area contributed by atoms with Gasteiger partial charge in [-0.15, -0.1) is 0 Å². The molecule has 1 aromatic rings. The van der Waals surface area contributed by atoms with Crippen LogP contribution in [0.25, 0.3) is 0 Å². The van der Waals surface area contributed by atoms with Crippen LogP contribution >= 0.6 is 11.8 Å². The summed E-state index contributed by atoms with van der Waals surface area (Å²) in [5.74, 6) is 0.488. The van der Waals surface area contributed by atoms with Gasteiger partial charge in [0.15, 0.2) is 0 Å². The molecule has 0 unspecified atom stereocenters. The van der Waals surface area contributed by atoms with Crippen molar-refractivity contribution >= 4 is 23.6 Å². The molecule has 0 fully saturated rings. The second-order valence-corrected chi connectivity index (χ2v) is 5.24. The van der Waals surface area contributed by atoms with Crippen molar-refractivity contribution in [2.24, 2.45) is 0 Å². The first-order chi connectivity index (χ1) is 9.18. The largest absolute Gasteiger partial charge is 0.481 e. The third kappa shape index (κ3) is 8.26. The van der Waals surface area contributed by atoms with Crippen LogP contribution in [0.15, 0.2) is 30.3 Å². The third-order valence-electron chi connectivity index (χ3n) is 2.50. The van der Waals surface area contributed by atoms with Crippen LogP contribution in [-0.2, 0) is 16.0 Å². The van der Waals surface area contributed by atoms with Crippen molar-refractivity contribution in [2.75, 3.05) is 18.1 Å². The van der Waals surface area contributed by atoms with Gasteiger partial charge in [0.05, 0.1) is 5.75 Å². The Morgan fingerprint density at radius 2 is 1.95 bits per heavy atom. The van der Waals surface area contributed by atoms with Gasteiger partial charge in [-0.3, -0.25) is 9.59 Å². The molecule has 4 nitrogen and oxygen atoms in total. The van der Waals surface area contributed by atoms with Gasteiger partial charge in [0, 0.05) is 13.0 Å². The van der Waals surface area contributed by atoms with E-state index >= 15 is 0 Å². The van der Waals surface area contributed by atoms with E-state index < -0.39 is 5.97 Å². The maximum atomic E-state index is 11.4. The fraction of sp³-hybridized carbons (Fsp3) is 0.429. The average Bonchev–Trinajstić information content (AvgIpc) is 2.41. The summed E-state index contributed by atoms with van der Waals surface area (Å²) in [4.78, 5) is 21.7. The van der Waals surface area contributed by atoms with E-state index in [1.807, 2.05) is 18.2 Å². The zero-order valence-electron chi connectivity index (χ0n) is 10.8. The summed E-state index contributed by atoms with van der Waals surface area (Å²) in [5, 5.41) is 11.2. The van der Waals surface area contributed by atoms with E-state index in [0.29, 0.717) is 18.7 Å². The van der Waals surface area contributed by atoms with E-state index in [0.717, 1.165) is 12.2 Å². The second-order valence-electron chi connectivity index (χ2n) is 4.14. The van der Waals surface area contributed by atoms with Gasteiger partial charge in [0.2, 0.25) is 5.91 Å². The number of rotatable bonds is 9. The van der Waals surface area contributed by atoms with E-state index in [1.165, 1.54) is 5.56 Å². The lowest BCUT2D eigenvalue weighted by atomic mass is 10.2. The number of benzene rings is 1. The Bertz CT molecular complexity index is 395. The summed E-state index contributed by atoms with van der Waals surface area (Å²) < 4.78 is 0. The number of carbonyl (C=O) groups excluding carboxylic acids is 1. The molecule has 2 N–H and O–H groups in total. The van der Waals surface area contributed by atoms with Crippen molar-refractivity contribution in [3.8, 4) is 0 Å². The van der Waals surface area contributed by atoms with Gasteiger partial charge in [-0.2, -0.15) is 11.8 Å². The highest BCUT2D eigenvalue weighted by Gasteiger charge is 2.02. The third-order valence-corrected chi connectivity index (χ3v) is 3.46. The van der Waals surface area contributed by atoms with Crippen molar-refractivity contribution < 1.29 is 14.7 Å². The minimum absolute atomic E-state index is 0.0246. The van der Waals surface area contributed by atoms with Crippen LogP contribution in [0.5, 0.6) is 0 Å². The molecule has 0 radical (unpaired) electrons. The summed E-state index contributed by atoms with van der Waals surface area (Å²) in [6, 6.07) is 10.2. The van der Waals surface area contributed by atoms with Crippen LogP contribution < -0.4 is 5.32 Å². The zero-order chi connectivity index (χ0) is 13.9. The Hall–Kier alpha value is -1.49. The molecule has 1 rings (SSSR count). The van der Waals surface area contributed by atoms with E-state index in [-0.39, 0.29) is 12.3 Å². The predicted octanol–water partition coefficient (Wildman–Crippen LogP) is 1.94. The molecular formula is C14H19NO3S. The first-order valence-electron chi connectivity index (χ1n) is 6.28. The van der Waals surface area contributed by atoms with Crippen molar-refractivity contribution in [1.29, 1.82) is 0 Å². The number of thioether (sulfide) groups is 1. The lowest BCUT2D eigenvalue weighted by molar-refractivity contribution is -0.137. The lowest BCUT2D eigenvalue weighted by Gasteiger charge is -2.04. The molecule has 0 atom stereocenters. The molecule has 0 aliphatic rings. The van der Waals surface area contributed by atoms with E-state index in [1.54, 1.807) is 11.8 Å². The molecule has 0 aromatic heterocycles. The molecule has 104 valence electrons. The van der Waals surface area contributed by atoms with Gasteiger partial charge >= 0.3 is 5.97 Å². The van der Waals surface area contributed by atoms with Crippen LogP contribution in [0.2, 0.25) is 0 Å². The number of carboxylic acids is 1. The number of aryl methyl sites for hydroxylation is 1. The molecule has 5 heteroatoms. The van der Waals surface area contributed by atoms with Gasteiger partial charge < -0.3 is 10.4 Å². The maximum Gasteiger partial charge on any atom is 0.303 e. The molecular weight excluding hydrogens is 262 g/mol. The average molecular weight is 281 g/mol. The molecule has 0 saturated carbocycles. The highest BCUT2D eigenvalue weighted by Crippen LogP contribution is 2.06. The number of hydrogen-bond acceptors (Lipinski definition) is 3. The molecule has 0 heterocycles. The van der Waals surface area contributed by atoms with Crippen molar-refractivity contribution in [2.45, 2.75) is 19.3 Å². The van der Waals surface area contributed by atoms with Crippen LogP contribution in [0.1, 0.15) is 18.4 Å². The van der Waals surface area contributed by atoms with Gasteiger partial charge in [-0.1, -0.05) is 30.3 Å². The Balaban J connectivity index is 2.00. The summed E-state index contributed by atoms with van der Waals surface area (Å²) in [6.07, 6.45) is 1.54. The minimum atomic E-state index is -0.827. The molecule has 0 bridgehead atoms. The van der Waals surface area contributed by atoms with Crippen LogP contribution in [0, 0.1) is 0 Å². The maximum absolute atomic E-state index is 11.4. The fourth-order valence-electron chi connectivity index (χ4n) is 1.52. The number of carboxylic acid groups (broad SMARTS) is 1. The summed E-state index contributed by atoms with van der Waals surface area (Å²) in [5.41, 5.74) is 1.27. The minimum Gasteiger partial charge on any atom is -0.481 e. The highest BCUT2D eigenvalue weighted by atomic mass is 32.2. The number of amides is 1. The lowest BCUT2D eigenvalue weighted by Crippen LogP contribution is -2.26. The molecule has 19 heavy (non-hydrogen) atoms. The van der Waals surface area contributed by atoms with Crippen molar-refractivity contribution in [3.05, 3.63) is 35.9 Å². The topological polar surface area (TPSA) is 66.4 Å². The van der Waals surface area contributed by atoms with Gasteiger partial charge in [-0.05, 0) is 24.2 Å². The van der Waals surface area contributed by atoms with Crippen molar-refractivity contribution in [1.82, 2.24) is 5.32 Å². The van der Waals surface area contributed by atoms with E-state index in [9.17, 15) is 9.59 Å². The number of hydrogen-bond donors (Lipinski definition) is 2. The van der Waals surface area contributed by atoms with E-state index in [4.69, 9.17) is 5.11 Å². The Morgan fingerprint density at radius 1 is 1.21 bits per heavy atom. The Labute approximate surface area is 117 Å². The van der Waals surface area contributed by atoms with Gasteiger partial charge in [0.25, 0.3) is 0 Å². The van der Waals surface area contributed by atoms with Crippen LogP contribution in [0.4, 0.5) is 0 Å². The van der Waals surface area contributed by atoms with Crippen LogP contribution in [0.3, 0.4) is 0 Å². The highest BCUT2D eigenvalue weighted by molar-refractivity contribution is 7.99. The fourth-order valence-corrected chi connectivity index (χ4v) is 2.33. The number of carbonyl (C=O) groups is 2. The molecule has 0 spiro atoms. The quantitative estimate of drug-likeness (QED) is 0.679. The normalized spacial score (nSPS) is 10.1. The number of aliphatic carboxylic acids is 1. The van der Waals surface area contributed by atoms with E-state index in [2.05, 4.69) is 17.4 Å².